The molecule has 0 unspecified atom stereocenters. The van der Waals surface area contributed by atoms with Crippen LogP contribution in [0.15, 0.2) is 29.2 Å². The normalized spacial score (nSPS) is 12.0. The molecule has 1 aromatic rings. The number of alkyl halides is 3. The molecule has 0 saturated heterocycles. The number of carbonyl (C=O) groups excluding carboxylic acids is 1. The van der Waals surface area contributed by atoms with Gasteiger partial charge in [0.15, 0.2) is 6.61 Å². The van der Waals surface area contributed by atoms with Crippen molar-refractivity contribution >= 4 is 21.8 Å². The number of sulfonamides is 1. The zero-order chi connectivity index (χ0) is 16.1. The Hall–Kier alpha value is -1.81. The van der Waals surface area contributed by atoms with Gasteiger partial charge >= 0.3 is 12.3 Å². The number of rotatable bonds is 5. The molecule has 0 aliphatic heterocycles. The van der Waals surface area contributed by atoms with Crippen molar-refractivity contribution < 1.29 is 31.1 Å². The number of benzene rings is 1. The van der Waals surface area contributed by atoms with Crippen LogP contribution in [0.4, 0.5) is 23.7 Å². The maximum Gasteiger partial charge on any atom is 0.422 e. The van der Waals surface area contributed by atoms with Crippen molar-refractivity contribution in [3.8, 4) is 0 Å². The first-order chi connectivity index (χ1) is 9.64. The highest BCUT2D eigenvalue weighted by atomic mass is 32.2. The van der Waals surface area contributed by atoms with Gasteiger partial charge in [-0.25, -0.2) is 17.9 Å². The Morgan fingerprint density at radius 1 is 1.24 bits per heavy atom. The van der Waals surface area contributed by atoms with Crippen LogP contribution in [0.5, 0.6) is 0 Å². The summed E-state index contributed by atoms with van der Waals surface area (Å²) in [7, 11) is -3.63. The maximum atomic E-state index is 11.8. The van der Waals surface area contributed by atoms with Crippen molar-refractivity contribution in [1.82, 2.24) is 4.72 Å². The van der Waals surface area contributed by atoms with Crippen LogP contribution < -0.4 is 10.0 Å². The summed E-state index contributed by atoms with van der Waals surface area (Å²) in [6, 6.07) is 4.88. The molecule has 1 amide bonds. The predicted molar refractivity (Wildman–Crippen MR) is 68.3 cm³/mol. The second kappa shape index (κ2) is 6.76. The van der Waals surface area contributed by atoms with E-state index in [1.165, 1.54) is 24.3 Å². The minimum Gasteiger partial charge on any atom is -0.440 e. The molecule has 0 bridgehead atoms. The number of anilines is 1. The molecule has 0 aliphatic rings. The second-order valence-corrected chi connectivity index (χ2v) is 5.61. The van der Waals surface area contributed by atoms with Crippen molar-refractivity contribution in [2.45, 2.75) is 18.0 Å². The van der Waals surface area contributed by atoms with E-state index in [-0.39, 0.29) is 17.1 Å². The average Bonchev–Trinajstić information content (AvgIpc) is 2.36. The molecule has 2 N–H and O–H groups in total. The van der Waals surface area contributed by atoms with E-state index in [2.05, 4.69) is 9.46 Å². The van der Waals surface area contributed by atoms with Gasteiger partial charge in [-0.15, -0.1) is 0 Å². The molecule has 0 fully saturated rings. The number of hydrogen-bond acceptors (Lipinski definition) is 4. The summed E-state index contributed by atoms with van der Waals surface area (Å²) in [5, 5.41) is 2.05. The van der Waals surface area contributed by atoms with Gasteiger partial charge in [-0.3, -0.25) is 5.32 Å². The molecule has 1 rings (SSSR count). The van der Waals surface area contributed by atoms with Crippen LogP contribution in [0.25, 0.3) is 0 Å². The van der Waals surface area contributed by atoms with Crippen molar-refractivity contribution in [2.75, 3.05) is 18.5 Å². The molecule has 0 radical (unpaired) electrons. The van der Waals surface area contributed by atoms with Gasteiger partial charge < -0.3 is 4.74 Å². The van der Waals surface area contributed by atoms with E-state index in [4.69, 9.17) is 0 Å². The molecule has 0 heterocycles. The van der Waals surface area contributed by atoms with Crippen molar-refractivity contribution in [2.24, 2.45) is 0 Å². The van der Waals surface area contributed by atoms with Crippen LogP contribution in [0.2, 0.25) is 0 Å². The maximum absolute atomic E-state index is 11.8. The van der Waals surface area contributed by atoms with Crippen molar-refractivity contribution in [3.63, 3.8) is 0 Å². The van der Waals surface area contributed by atoms with E-state index < -0.39 is 28.9 Å². The van der Waals surface area contributed by atoms with Crippen molar-refractivity contribution in [1.29, 1.82) is 0 Å². The lowest BCUT2D eigenvalue weighted by Crippen LogP contribution is -2.24. The number of amides is 1. The Morgan fingerprint density at radius 2 is 1.81 bits per heavy atom. The van der Waals surface area contributed by atoms with E-state index in [9.17, 15) is 26.4 Å². The highest BCUT2D eigenvalue weighted by Crippen LogP contribution is 2.16. The smallest absolute Gasteiger partial charge is 0.422 e. The minimum atomic E-state index is -4.61. The molecule has 0 aromatic heterocycles. The fourth-order valence-electron chi connectivity index (χ4n) is 1.29. The van der Waals surface area contributed by atoms with E-state index in [1.807, 2.05) is 5.32 Å². The summed E-state index contributed by atoms with van der Waals surface area (Å²) < 4.78 is 65.0. The van der Waals surface area contributed by atoms with E-state index in [0.29, 0.717) is 0 Å². The van der Waals surface area contributed by atoms with Gasteiger partial charge in [0.05, 0.1) is 4.90 Å². The van der Waals surface area contributed by atoms with E-state index in [0.717, 1.165) is 0 Å². The van der Waals surface area contributed by atoms with Gasteiger partial charge in [0.1, 0.15) is 0 Å². The Balaban J connectivity index is 2.65. The Bertz CT molecular complexity index is 584. The lowest BCUT2D eigenvalue weighted by atomic mass is 10.3. The highest BCUT2D eigenvalue weighted by molar-refractivity contribution is 7.89. The van der Waals surface area contributed by atoms with Gasteiger partial charge in [0.25, 0.3) is 0 Å². The molecule has 0 saturated carbocycles. The molecule has 118 valence electrons. The number of nitrogens with one attached hydrogen (secondary N) is 2. The molecule has 21 heavy (non-hydrogen) atoms. The van der Waals surface area contributed by atoms with Crippen molar-refractivity contribution in [3.05, 3.63) is 24.3 Å². The molecule has 0 aliphatic carbocycles. The SMILES string of the molecule is CCNS(=O)(=O)c1ccc(NC(=O)OCC(F)(F)F)cc1. The van der Waals surface area contributed by atoms with Crippen LogP contribution >= 0.6 is 0 Å². The fraction of sp³-hybridized carbons (Fsp3) is 0.364. The first-order valence-electron chi connectivity index (χ1n) is 5.74. The largest absolute Gasteiger partial charge is 0.440 e. The van der Waals surface area contributed by atoms with Crippen LogP contribution in [-0.2, 0) is 14.8 Å². The summed E-state index contributed by atoms with van der Waals surface area (Å²) in [6.45, 7) is 0.127. The van der Waals surface area contributed by atoms with Gasteiger partial charge in [0, 0.05) is 12.2 Å². The molecule has 1 aromatic carbocycles. The van der Waals surface area contributed by atoms with Gasteiger partial charge in [0.2, 0.25) is 10.0 Å². The van der Waals surface area contributed by atoms with E-state index in [1.54, 1.807) is 6.92 Å². The van der Waals surface area contributed by atoms with E-state index >= 15 is 0 Å². The third kappa shape index (κ3) is 6.00. The van der Waals surface area contributed by atoms with Crippen LogP contribution in [-0.4, -0.2) is 33.8 Å². The Kier molecular flexibility index (Phi) is 5.55. The van der Waals surface area contributed by atoms with Gasteiger partial charge in [-0.05, 0) is 24.3 Å². The fourth-order valence-corrected chi connectivity index (χ4v) is 2.33. The quantitative estimate of drug-likeness (QED) is 0.868. The molecule has 0 atom stereocenters. The zero-order valence-corrected chi connectivity index (χ0v) is 11.7. The summed E-state index contributed by atoms with van der Waals surface area (Å²) in [5.41, 5.74) is 0.109. The monoisotopic (exact) mass is 326 g/mol. The third-order valence-electron chi connectivity index (χ3n) is 2.11. The molecular formula is C11H13F3N2O4S. The van der Waals surface area contributed by atoms with Gasteiger partial charge in [-0.2, -0.15) is 13.2 Å². The average molecular weight is 326 g/mol. The summed E-state index contributed by atoms with van der Waals surface area (Å²) >= 11 is 0. The first kappa shape index (κ1) is 17.2. The highest BCUT2D eigenvalue weighted by Gasteiger charge is 2.29. The first-order valence-corrected chi connectivity index (χ1v) is 7.22. The predicted octanol–water partition coefficient (Wildman–Crippen LogP) is 2.10. The summed E-state index contributed by atoms with van der Waals surface area (Å²) in [5.74, 6) is 0. The third-order valence-corrected chi connectivity index (χ3v) is 3.67. The molecule has 10 heteroatoms. The second-order valence-electron chi connectivity index (χ2n) is 3.84. The lowest BCUT2D eigenvalue weighted by Gasteiger charge is -2.09. The molecule has 0 spiro atoms. The van der Waals surface area contributed by atoms with Crippen LogP contribution in [0.1, 0.15) is 6.92 Å². The Morgan fingerprint density at radius 3 is 2.29 bits per heavy atom. The summed E-state index contributed by atoms with van der Waals surface area (Å²) in [6.07, 6.45) is -5.89. The minimum absolute atomic E-state index is 0.0291. The Labute approximate surface area is 119 Å². The van der Waals surface area contributed by atoms with Crippen LogP contribution in [0.3, 0.4) is 0 Å². The standard InChI is InChI=1S/C11H13F3N2O4S/c1-2-15-21(18,19)9-5-3-8(4-6-9)16-10(17)20-7-11(12,13)14/h3-6,15H,2,7H2,1H3,(H,16,17). The number of carbonyl (C=O) groups is 1. The zero-order valence-electron chi connectivity index (χ0n) is 10.9. The number of hydrogen-bond donors (Lipinski definition) is 2. The topological polar surface area (TPSA) is 84.5 Å². The summed E-state index contributed by atoms with van der Waals surface area (Å²) in [4.78, 5) is 11.1. The number of ether oxygens (including phenoxy) is 1. The lowest BCUT2D eigenvalue weighted by molar-refractivity contribution is -0.159. The molecule has 6 nitrogen and oxygen atoms in total. The number of halogens is 3. The molecular weight excluding hydrogens is 313 g/mol. The van der Waals surface area contributed by atoms with Gasteiger partial charge in [-0.1, -0.05) is 6.92 Å². The van der Waals surface area contributed by atoms with Crippen LogP contribution in [0, 0.1) is 0 Å².